The largest absolute Gasteiger partial charge is 0.382 e. The normalized spacial score (nSPS) is 21.1. The van der Waals surface area contributed by atoms with Gasteiger partial charge in [0.1, 0.15) is 28.7 Å². The molecule has 3 aromatic heterocycles. The van der Waals surface area contributed by atoms with Crippen molar-refractivity contribution in [1.29, 1.82) is 0 Å². The first-order valence-electron chi connectivity index (χ1n) is 13.3. The van der Waals surface area contributed by atoms with E-state index in [2.05, 4.69) is 15.3 Å². The van der Waals surface area contributed by atoms with Crippen molar-refractivity contribution in [3.05, 3.63) is 71.9 Å². The number of aromatic nitrogens is 4. The van der Waals surface area contributed by atoms with Crippen molar-refractivity contribution in [2.75, 3.05) is 17.6 Å². The average molecular weight is 508 g/mol. The van der Waals surface area contributed by atoms with Crippen LogP contribution in [-0.4, -0.2) is 48.7 Å². The van der Waals surface area contributed by atoms with Crippen LogP contribution in [0.3, 0.4) is 0 Å². The van der Waals surface area contributed by atoms with Gasteiger partial charge in [0.15, 0.2) is 0 Å². The zero-order valence-corrected chi connectivity index (χ0v) is 21.0. The Morgan fingerprint density at radius 1 is 0.974 bits per heavy atom. The molecule has 2 saturated heterocycles. The lowest BCUT2D eigenvalue weighted by atomic mass is 9.92. The number of pyridine rings is 1. The number of nitrogens with two attached hydrogens (primary N) is 1. The van der Waals surface area contributed by atoms with E-state index in [9.17, 15) is 9.59 Å². The number of rotatable bonds is 5. The van der Waals surface area contributed by atoms with Gasteiger partial charge in [-0.2, -0.15) is 0 Å². The number of nitrogen functional groups attached to an aromatic ring is 1. The summed E-state index contributed by atoms with van der Waals surface area (Å²) in [6.07, 6.45) is 11.3. The van der Waals surface area contributed by atoms with Gasteiger partial charge >= 0.3 is 0 Å². The molecule has 4 aromatic rings. The molecular formula is C29H29N7O2. The number of hydrogen-bond donors (Lipinski definition) is 2. The van der Waals surface area contributed by atoms with Crippen molar-refractivity contribution in [3.63, 3.8) is 0 Å². The van der Waals surface area contributed by atoms with Crippen LogP contribution in [-0.2, 0) is 4.79 Å². The number of benzene rings is 1. The lowest BCUT2D eigenvalue weighted by molar-refractivity contribution is -0.130. The summed E-state index contributed by atoms with van der Waals surface area (Å²) in [6, 6.07) is 11.7. The van der Waals surface area contributed by atoms with Crippen LogP contribution in [0.25, 0.3) is 16.8 Å². The molecule has 9 nitrogen and oxygen atoms in total. The molecule has 2 atom stereocenters. The number of nitrogens with zero attached hydrogens (tertiary/aromatic N) is 5. The number of fused-ring (bicyclic) bond motifs is 2. The first-order chi connectivity index (χ1) is 18.5. The fraction of sp³-hybridized carbons (Fsp3) is 0.345. The molecule has 1 aliphatic carbocycles. The quantitative estimate of drug-likeness (QED) is 0.414. The molecule has 2 aliphatic heterocycles. The van der Waals surface area contributed by atoms with Crippen molar-refractivity contribution in [2.24, 2.45) is 0 Å². The molecule has 0 spiro atoms. The van der Waals surface area contributed by atoms with Gasteiger partial charge in [-0.05, 0) is 67.9 Å². The monoisotopic (exact) mass is 507 g/mol. The second-order valence-electron chi connectivity index (χ2n) is 10.6. The first kappa shape index (κ1) is 22.9. The number of amides is 2. The summed E-state index contributed by atoms with van der Waals surface area (Å²) in [5.74, 6) is 2.61. The second kappa shape index (κ2) is 8.93. The molecule has 3 aliphatic rings. The van der Waals surface area contributed by atoms with Crippen LogP contribution in [0.15, 0.2) is 55.0 Å². The maximum absolute atomic E-state index is 12.9. The van der Waals surface area contributed by atoms with E-state index in [0.717, 1.165) is 41.9 Å². The minimum Gasteiger partial charge on any atom is -0.382 e. The molecule has 2 amide bonds. The van der Waals surface area contributed by atoms with E-state index in [4.69, 9.17) is 10.7 Å². The van der Waals surface area contributed by atoms with E-state index in [1.165, 1.54) is 18.4 Å². The van der Waals surface area contributed by atoms with Gasteiger partial charge in [0.25, 0.3) is 5.91 Å². The summed E-state index contributed by atoms with van der Waals surface area (Å²) < 4.78 is 2.02. The fourth-order valence-corrected chi connectivity index (χ4v) is 6.01. The Kier molecular flexibility index (Phi) is 5.38. The van der Waals surface area contributed by atoms with Crippen molar-refractivity contribution in [2.45, 2.75) is 56.4 Å². The van der Waals surface area contributed by atoms with E-state index in [-0.39, 0.29) is 17.7 Å². The molecule has 5 heterocycles. The number of anilines is 2. The van der Waals surface area contributed by atoms with Crippen molar-refractivity contribution >= 4 is 29.0 Å². The van der Waals surface area contributed by atoms with E-state index in [0.29, 0.717) is 42.1 Å². The SMILES string of the molecule is Nc1nccn2c([C@@H]3CC[C@H]4CCC(=O)N4C3)nc(-c3ccc(C(=O)Nc4cc(C5CC5)ccn4)cc3)c12. The molecule has 0 radical (unpaired) electrons. The van der Waals surface area contributed by atoms with E-state index >= 15 is 0 Å². The number of carbonyl (C=O) groups excluding carboxylic acids is 2. The summed E-state index contributed by atoms with van der Waals surface area (Å²) in [7, 11) is 0. The lowest BCUT2D eigenvalue weighted by Crippen LogP contribution is -2.41. The number of imidazole rings is 1. The van der Waals surface area contributed by atoms with Crippen LogP contribution in [0.1, 0.15) is 72.1 Å². The Balaban J connectivity index is 1.17. The Labute approximate surface area is 220 Å². The smallest absolute Gasteiger partial charge is 0.256 e. The van der Waals surface area contributed by atoms with E-state index < -0.39 is 0 Å². The number of carbonyl (C=O) groups is 2. The number of hydrogen-bond acceptors (Lipinski definition) is 6. The average Bonchev–Trinajstić information content (AvgIpc) is 3.63. The highest BCUT2D eigenvalue weighted by atomic mass is 16.2. The predicted molar refractivity (Wildman–Crippen MR) is 144 cm³/mol. The lowest BCUT2D eigenvalue weighted by Gasteiger charge is -2.34. The van der Waals surface area contributed by atoms with Gasteiger partial charge in [0, 0.05) is 54.6 Å². The van der Waals surface area contributed by atoms with Gasteiger partial charge in [-0.3, -0.25) is 14.0 Å². The van der Waals surface area contributed by atoms with Gasteiger partial charge in [-0.25, -0.2) is 15.0 Å². The van der Waals surface area contributed by atoms with Crippen LogP contribution in [0, 0.1) is 0 Å². The Morgan fingerprint density at radius 3 is 2.61 bits per heavy atom. The highest BCUT2D eigenvalue weighted by molar-refractivity contribution is 6.04. The van der Waals surface area contributed by atoms with Gasteiger partial charge in [-0.1, -0.05) is 12.1 Å². The van der Waals surface area contributed by atoms with Crippen molar-refractivity contribution in [1.82, 2.24) is 24.3 Å². The van der Waals surface area contributed by atoms with E-state index in [1.54, 1.807) is 24.5 Å². The van der Waals surface area contributed by atoms with Gasteiger partial charge in [0.2, 0.25) is 5.91 Å². The topological polar surface area (TPSA) is 119 Å². The minimum absolute atomic E-state index is 0.125. The fourth-order valence-electron chi connectivity index (χ4n) is 6.01. The maximum atomic E-state index is 12.9. The number of nitrogens with one attached hydrogen (secondary N) is 1. The second-order valence-corrected chi connectivity index (χ2v) is 10.6. The van der Waals surface area contributed by atoms with Crippen molar-refractivity contribution in [3.8, 4) is 11.3 Å². The molecule has 7 rings (SSSR count). The molecular weight excluding hydrogens is 478 g/mol. The molecule has 0 unspecified atom stereocenters. The summed E-state index contributed by atoms with van der Waals surface area (Å²) >= 11 is 0. The highest BCUT2D eigenvalue weighted by Gasteiger charge is 2.38. The van der Waals surface area contributed by atoms with E-state index in [1.807, 2.05) is 39.8 Å². The van der Waals surface area contributed by atoms with Crippen LogP contribution in [0.4, 0.5) is 11.6 Å². The zero-order valence-electron chi connectivity index (χ0n) is 21.0. The molecule has 0 bridgehead atoms. The van der Waals surface area contributed by atoms with Crippen molar-refractivity contribution < 1.29 is 9.59 Å². The van der Waals surface area contributed by atoms with Gasteiger partial charge < -0.3 is 16.0 Å². The standard InChI is InChI=1S/C29H29N7O2/c30-27-26-25(34-28(35(26)14-13-32-27)21-7-8-22-9-10-24(37)36(22)16-21)18-3-5-19(6-4-18)29(38)33-23-15-20(11-12-31-23)17-1-2-17/h3-6,11-15,17,21-22H,1-2,7-10,16H2,(H2,30,32)(H,31,33,38)/t21-,22+/m1/s1. The maximum Gasteiger partial charge on any atom is 0.256 e. The molecule has 3 N–H and O–H groups in total. The molecule has 3 fully saturated rings. The molecule has 38 heavy (non-hydrogen) atoms. The summed E-state index contributed by atoms with van der Waals surface area (Å²) in [5.41, 5.74) is 10.4. The Bertz CT molecular complexity index is 1560. The highest BCUT2D eigenvalue weighted by Crippen LogP contribution is 2.40. The van der Waals surface area contributed by atoms with Crippen LogP contribution < -0.4 is 11.1 Å². The third-order valence-electron chi connectivity index (χ3n) is 8.19. The Hall–Kier alpha value is -4.27. The molecule has 1 aromatic carbocycles. The van der Waals surface area contributed by atoms with Crippen LogP contribution in [0.2, 0.25) is 0 Å². The zero-order chi connectivity index (χ0) is 25.8. The predicted octanol–water partition coefficient (Wildman–Crippen LogP) is 4.37. The minimum atomic E-state index is -0.208. The summed E-state index contributed by atoms with van der Waals surface area (Å²) in [5, 5.41) is 2.92. The molecule has 192 valence electrons. The summed E-state index contributed by atoms with van der Waals surface area (Å²) in [6.45, 7) is 0.680. The van der Waals surface area contributed by atoms with Crippen LogP contribution >= 0.6 is 0 Å². The molecule has 1 saturated carbocycles. The first-order valence-corrected chi connectivity index (χ1v) is 13.3. The van der Waals surface area contributed by atoms with Gasteiger partial charge in [0.05, 0.1) is 0 Å². The van der Waals surface area contributed by atoms with Crippen LogP contribution in [0.5, 0.6) is 0 Å². The third kappa shape index (κ3) is 3.98. The third-order valence-corrected chi connectivity index (χ3v) is 8.19. The van der Waals surface area contributed by atoms with Gasteiger partial charge in [-0.15, -0.1) is 0 Å². The summed E-state index contributed by atoms with van der Waals surface area (Å²) in [4.78, 5) is 41.0. The number of piperidine rings is 1. The molecule has 9 heteroatoms. The Morgan fingerprint density at radius 2 is 1.79 bits per heavy atom.